The molecule has 2 aromatic carbocycles. The molecule has 1 unspecified atom stereocenters. The number of amides is 4. The van der Waals surface area contributed by atoms with Crippen molar-refractivity contribution < 1.29 is 23.6 Å². The molecule has 2 fully saturated rings. The number of nitriles is 1. The SMILES string of the molecule is N#Cc1cccc(CC(=O)N2CCC(c3cc(F)cc4c3CN(C3CCC(=O)NC3=O)C4=O)CC2)c1. The summed E-state index contributed by atoms with van der Waals surface area (Å²) in [5.74, 6) is -1.79. The topological polar surface area (TPSA) is 111 Å². The first-order valence-corrected chi connectivity index (χ1v) is 12.1. The Kier molecular flexibility index (Phi) is 6.27. The van der Waals surface area contributed by atoms with Crippen LogP contribution in [0.2, 0.25) is 0 Å². The van der Waals surface area contributed by atoms with Crippen LogP contribution in [0.1, 0.15) is 64.2 Å². The molecule has 2 aromatic rings. The number of likely N-dealkylation sites (tertiary alicyclic amines) is 1. The Balaban J connectivity index is 1.28. The van der Waals surface area contributed by atoms with Gasteiger partial charge in [0.2, 0.25) is 17.7 Å². The molecule has 0 radical (unpaired) electrons. The van der Waals surface area contributed by atoms with E-state index in [4.69, 9.17) is 5.26 Å². The number of carbonyl (C=O) groups is 4. The molecule has 9 heteroatoms. The van der Waals surface area contributed by atoms with Crippen LogP contribution in [0.15, 0.2) is 36.4 Å². The lowest BCUT2D eigenvalue weighted by Crippen LogP contribution is -2.52. The summed E-state index contributed by atoms with van der Waals surface area (Å²) in [5, 5.41) is 11.4. The predicted molar refractivity (Wildman–Crippen MR) is 126 cm³/mol. The molecule has 0 spiro atoms. The van der Waals surface area contributed by atoms with E-state index in [-0.39, 0.29) is 49.1 Å². The highest BCUT2D eigenvalue weighted by molar-refractivity contribution is 6.05. The van der Waals surface area contributed by atoms with Crippen molar-refractivity contribution in [2.24, 2.45) is 0 Å². The van der Waals surface area contributed by atoms with Crippen molar-refractivity contribution in [3.63, 3.8) is 0 Å². The largest absolute Gasteiger partial charge is 0.342 e. The maximum atomic E-state index is 14.6. The van der Waals surface area contributed by atoms with Crippen molar-refractivity contribution in [1.29, 1.82) is 5.26 Å². The number of halogens is 1. The van der Waals surface area contributed by atoms with E-state index in [0.717, 1.165) is 16.7 Å². The number of fused-ring (bicyclic) bond motifs is 1. The Morgan fingerprint density at radius 2 is 1.89 bits per heavy atom. The first kappa shape index (κ1) is 23.7. The molecule has 3 heterocycles. The summed E-state index contributed by atoms with van der Waals surface area (Å²) in [6.07, 6.45) is 1.88. The first-order chi connectivity index (χ1) is 17.3. The zero-order chi connectivity index (χ0) is 25.4. The second-order valence-electron chi connectivity index (χ2n) is 9.57. The first-order valence-electron chi connectivity index (χ1n) is 12.1. The van der Waals surface area contributed by atoms with Crippen LogP contribution in [0.5, 0.6) is 0 Å². The zero-order valence-electron chi connectivity index (χ0n) is 19.6. The highest BCUT2D eigenvalue weighted by atomic mass is 19.1. The minimum Gasteiger partial charge on any atom is -0.342 e. The molecule has 1 atom stereocenters. The average Bonchev–Trinajstić information content (AvgIpc) is 3.19. The van der Waals surface area contributed by atoms with E-state index < -0.39 is 23.7 Å². The zero-order valence-corrected chi connectivity index (χ0v) is 19.6. The molecule has 0 aromatic heterocycles. The normalized spacial score (nSPS) is 20.2. The fourth-order valence-corrected chi connectivity index (χ4v) is 5.49. The Labute approximate surface area is 207 Å². The average molecular weight is 489 g/mol. The third-order valence-corrected chi connectivity index (χ3v) is 7.35. The van der Waals surface area contributed by atoms with Gasteiger partial charge in [0, 0.05) is 31.6 Å². The van der Waals surface area contributed by atoms with Gasteiger partial charge in [0.25, 0.3) is 5.91 Å². The summed E-state index contributed by atoms with van der Waals surface area (Å²) in [7, 11) is 0. The van der Waals surface area contributed by atoms with E-state index in [0.29, 0.717) is 31.5 Å². The van der Waals surface area contributed by atoms with E-state index in [1.165, 1.54) is 17.0 Å². The number of hydrogen-bond donors (Lipinski definition) is 1. The standard InChI is InChI=1S/C27H25FN4O4/c28-19-12-20(22-15-32(27(36)21(22)13-19)23-4-5-24(33)30-26(23)35)18-6-8-31(9-7-18)25(34)11-16-2-1-3-17(10-16)14-29/h1-3,10,12-13,18,23H,4-9,11,15H2,(H,30,33,35). The summed E-state index contributed by atoms with van der Waals surface area (Å²) in [4.78, 5) is 53.0. The van der Waals surface area contributed by atoms with Gasteiger partial charge in [-0.1, -0.05) is 12.1 Å². The van der Waals surface area contributed by atoms with Gasteiger partial charge in [-0.3, -0.25) is 24.5 Å². The smallest absolute Gasteiger partial charge is 0.255 e. The molecular weight excluding hydrogens is 463 g/mol. The van der Waals surface area contributed by atoms with Gasteiger partial charge in [0.05, 0.1) is 18.1 Å². The Morgan fingerprint density at radius 3 is 2.61 bits per heavy atom. The molecule has 1 N–H and O–H groups in total. The molecule has 3 aliphatic rings. The maximum absolute atomic E-state index is 14.6. The van der Waals surface area contributed by atoms with Gasteiger partial charge >= 0.3 is 0 Å². The van der Waals surface area contributed by atoms with E-state index in [1.54, 1.807) is 23.1 Å². The molecule has 0 bridgehead atoms. The van der Waals surface area contributed by atoms with Crippen LogP contribution in [0.25, 0.3) is 0 Å². The lowest BCUT2D eigenvalue weighted by Gasteiger charge is -2.33. The molecule has 8 nitrogen and oxygen atoms in total. The number of rotatable bonds is 4. The van der Waals surface area contributed by atoms with Gasteiger partial charge < -0.3 is 9.80 Å². The molecular formula is C27H25FN4O4. The highest BCUT2D eigenvalue weighted by Crippen LogP contribution is 2.37. The number of hydrogen-bond acceptors (Lipinski definition) is 5. The van der Waals surface area contributed by atoms with E-state index in [9.17, 15) is 23.6 Å². The van der Waals surface area contributed by atoms with Crippen LogP contribution in [0.3, 0.4) is 0 Å². The van der Waals surface area contributed by atoms with Crippen molar-refractivity contribution >= 4 is 23.6 Å². The van der Waals surface area contributed by atoms with Crippen molar-refractivity contribution in [3.8, 4) is 6.07 Å². The Bertz CT molecular complexity index is 1310. The molecule has 0 aliphatic carbocycles. The third-order valence-electron chi connectivity index (χ3n) is 7.35. The van der Waals surface area contributed by atoms with Crippen molar-refractivity contribution in [3.05, 3.63) is 70.0 Å². The number of piperidine rings is 2. The molecule has 5 rings (SSSR count). The molecule has 4 amide bonds. The highest BCUT2D eigenvalue weighted by Gasteiger charge is 2.41. The van der Waals surface area contributed by atoms with Gasteiger partial charge in [-0.05, 0) is 66.1 Å². The Hall–Kier alpha value is -4.06. The molecule has 36 heavy (non-hydrogen) atoms. The van der Waals surface area contributed by atoms with Crippen molar-refractivity contribution in [2.75, 3.05) is 13.1 Å². The van der Waals surface area contributed by atoms with E-state index >= 15 is 0 Å². The summed E-state index contributed by atoms with van der Waals surface area (Å²) in [5.41, 5.74) is 3.05. The maximum Gasteiger partial charge on any atom is 0.255 e. The summed E-state index contributed by atoms with van der Waals surface area (Å²) >= 11 is 0. The van der Waals surface area contributed by atoms with Crippen LogP contribution in [-0.4, -0.2) is 52.6 Å². The molecule has 0 saturated carbocycles. The summed E-state index contributed by atoms with van der Waals surface area (Å²) in [6.45, 7) is 1.22. The quantitative estimate of drug-likeness (QED) is 0.665. The van der Waals surface area contributed by atoms with Crippen LogP contribution in [0.4, 0.5) is 4.39 Å². The number of nitrogens with zero attached hydrogens (tertiary/aromatic N) is 3. The van der Waals surface area contributed by atoms with Crippen LogP contribution >= 0.6 is 0 Å². The molecule has 2 saturated heterocycles. The van der Waals surface area contributed by atoms with Gasteiger partial charge in [-0.2, -0.15) is 5.26 Å². The fourth-order valence-electron chi connectivity index (χ4n) is 5.49. The second-order valence-corrected chi connectivity index (χ2v) is 9.57. The van der Waals surface area contributed by atoms with Crippen LogP contribution in [0, 0.1) is 17.1 Å². The van der Waals surface area contributed by atoms with Crippen molar-refractivity contribution in [2.45, 2.75) is 50.6 Å². The third kappa shape index (κ3) is 4.47. The Morgan fingerprint density at radius 1 is 1.11 bits per heavy atom. The van der Waals surface area contributed by atoms with Crippen molar-refractivity contribution in [1.82, 2.24) is 15.1 Å². The predicted octanol–water partition coefficient (Wildman–Crippen LogP) is 2.41. The van der Waals surface area contributed by atoms with Gasteiger partial charge in [-0.25, -0.2) is 4.39 Å². The molecule has 3 aliphatic heterocycles. The second kappa shape index (κ2) is 9.53. The lowest BCUT2D eigenvalue weighted by atomic mass is 9.85. The van der Waals surface area contributed by atoms with Gasteiger partial charge in [0.15, 0.2) is 0 Å². The van der Waals surface area contributed by atoms with E-state index in [2.05, 4.69) is 11.4 Å². The van der Waals surface area contributed by atoms with Crippen LogP contribution < -0.4 is 5.32 Å². The van der Waals surface area contributed by atoms with Crippen LogP contribution in [-0.2, 0) is 27.3 Å². The number of imide groups is 1. The summed E-state index contributed by atoms with van der Waals surface area (Å²) < 4.78 is 14.6. The number of carbonyl (C=O) groups excluding carboxylic acids is 4. The van der Waals surface area contributed by atoms with Gasteiger partial charge in [0.1, 0.15) is 11.9 Å². The van der Waals surface area contributed by atoms with Gasteiger partial charge in [-0.15, -0.1) is 0 Å². The summed E-state index contributed by atoms with van der Waals surface area (Å²) in [6, 6.07) is 11.0. The monoisotopic (exact) mass is 488 g/mol. The number of nitrogens with one attached hydrogen (secondary N) is 1. The number of benzene rings is 2. The van der Waals surface area contributed by atoms with E-state index in [1.807, 2.05) is 6.07 Å². The fraction of sp³-hybridized carbons (Fsp3) is 0.370. The minimum absolute atomic E-state index is 0.0186. The molecule has 184 valence electrons. The minimum atomic E-state index is -0.752. The lowest BCUT2D eigenvalue weighted by molar-refractivity contribution is -0.137.